The Morgan fingerprint density at radius 1 is 0.812 bits per heavy atom. The first-order valence-electron chi connectivity index (χ1n) is 5.12. The molecule has 0 saturated carbocycles. The fourth-order valence-electron chi connectivity index (χ4n) is 2.07. The highest BCUT2D eigenvalue weighted by atomic mass is 127. The third-order valence-electron chi connectivity index (χ3n) is 2.83. The molecule has 0 fully saturated rings. The lowest BCUT2D eigenvalue weighted by Gasteiger charge is -2.06. The summed E-state index contributed by atoms with van der Waals surface area (Å²) in [5.74, 6) is 0. The van der Waals surface area contributed by atoms with Crippen molar-refractivity contribution in [1.82, 2.24) is 0 Å². The van der Waals surface area contributed by atoms with Crippen LogP contribution in [-0.4, -0.2) is 0 Å². The first-order valence-corrected chi connectivity index (χ1v) is 6.20. The molecule has 78 valence electrons. The molecule has 0 atom stereocenters. The van der Waals surface area contributed by atoms with Crippen LogP contribution in [0.1, 0.15) is 0 Å². The number of hydrogen-bond donors (Lipinski definition) is 1. The van der Waals surface area contributed by atoms with Crippen molar-refractivity contribution >= 4 is 49.8 Å². The van der Waals surface area contributed by atoms with Crippen molar-refractivity contribution in [2.45, 2.75) is 0 Å². The molecule has 2 N–H and O–H groups in total. The molecule has 3 rings (SSSR count). The molecule has 0 bridgehead atoms. The summed E-state index contributed by atoms with van der Waals surface area (Å²) in [4.78, 5) is 0. The van der Waals surface area contributed by atoms with E-state index < -0.39 is 0 Å². The predicted octanol–water partition coefficient (Wildman–Crippen LogP) is 4.18. The summed E-state index contributed by atoms with van der Waals surface area (Å²) >= 11 is 2.38. The zero-order chi connectivity index (χ0) is 11.1. The summed E-state index contributed by atoms with van der Waals surface area (Å²) in [6.45, 7) is 0. The number of nitrogen functional groups attached to an aromatic ring is 1. The van der Waals surface area contributed by atoms with Crippen LogP contribution in [0.5, 0.6) is 0 Å². The van der Waals surface area contributed by atoms with Crippen molar-refractivity contribution in [3.8, 4) is 0 Å². The van der Waals surface area contributed by atoms with E-state index in [-0.39, 0.29) is 0 Å². The number of fused-ring (bicyclic) bond motifs is 3. The van der Waals surface area contributed by atoms with Gasteiger partial charge in [-0.15, -0.1) is 0 Å². The molecule has 0 heterocycles. The second-order valence-electron chi connectivity index (χ2n) is 3.88. The van der Waals surface area contributed by atoms with Crippen molar-refractivity contribution in [1.29, 1.82) is 0 Å². The molecule has 0 aliphatic carbocycles. The van der Waals surface area contributed by atoms with Gasteiger partial charge in [0, 0.05) is 9.26 Å². The van der Waals surface area contributed by atoms with Crippen molar-refractivity contribution in [3.63, 3.8) is 0 Å². The van der Waals surface area contributed by atoms with Crippen LogP contribution in [0.2, 0.25) is 0 Å². The molecule has 3 aromatic rings. The second kappa shape index (κ2) is 3.63. The van der Waals surface area contributed by atoms with E-state index in [4.69, 9.17) is 5.73 Å². The minimum absolute atomic E-state index is 0.818. The van der Waals surface area contributed by atoms with Crippen LogP contribution in [0.25, 0.3) is 21.5 Å². The minimum atomic E-state index is 0.818. The molecule has 2 heteroatoms. The molecular weight excluding hydrogens is 309 g/mol. The number of rotatable bonds is 0. The van der Waals surface area contributed by atoms with Gasteiger partial charge in [-0.1, -0.05) is 30.3 Å². The Morgan fingerprint density at radius 3 is 2.38 bits per heavy atom. The van der Waals surface area contributed by atoms with E-state index >= 15 is 0 Å². The average molecular weight is 319 g/mol. The van der Waals surface area contributed by atoms with E-state index in [0.29, 0.717) is 0 Å². The lowest BCUT2D eigenvalue weighted by atomic mass is 10.0. The Morgan fingerprint density at radius 2 is 1.56 bits per heavy atom. The van der Waals surface area contributed by atoms with Crippen LogP contribution < -0.4 is 5.73 Å². The van der Waals surface area contributed by atoms with Gasteiger partial charge in [0.25, 0.3) is 0 Å². The van der Waals surface area contributed by atoms with Gasteiger partial charge < -0.3 is 5.73 Å². The summed E-state index contributed by atoms with van der Waals surface area (Å²) in [6, 6.07) is 16.7. The lowest BCUT2D eigenvalue weighted by molar-refractivity contribution is 1.72. The van der Waals surface area contributed by atoms with Crippen molar-refractivity contribution in [2.24, 2.45) is 0 Å². The van der Waals surface area contributed by atoms with E-state index in [2.05, 4.69) is 59.0 Å². The lowest BCUT2D eigenvalue weighted by Crippen LogP contribution is -1.86. The van der Waals surface area contributed by atoms with Gasteiger partial charge in [0.2, 0.25) is 0 Å². The Kier molecular flexibility index (Phi) is 2.24. The number of hydrogen-bond acceptors (Lipinski definition) is 1. The largest absolute Gasteiger partial charge is 0.399 e. The molecule has 0 amide bonds. The number of anilines is 1. The topological polar surface area (TPSA) is 26.0 Å². The first-order chi connectivity index (χ1) is 7.75. The van der Waals surface area contributed by atoms with Gasteiger partial charge in [-0.3, -0.25) is 0 Å². The van der Waals surface area contributed by atoms with Crippen LogP contribution in [0.3, 0.4) is 0 Å². The Bertz CT molecular complexity index is 689. The SMILES string of the molecule is Nc1ccc2cc(I)c3ccccc3c2c1. The Labute approximate surface area is 107 Å². The van der Waals surface area contributed by atoms with E-state index in [0.717, 1.165) is 5.69 Å². The highest BCUT2D eigenvalue weighted by Crippen LogP contribution is 2.30. The molecule has 3 aromatic carbocycles. The Hall–Kier alpha value is -1.29. The van der Waals surface area contributed by atoms with Gasteiger partial charge in [0.1, 0.15) is 0 Å². The van der Waals surface area contributed by atoms with Crippen LogP contribution in [0, 0.1) is 3.57 Å². The van der Waals surface area contributed by atoms with E-state index in [9.17, 15) is 0 Å². The molecule has 0 aromatic heterocycles. The van der Waals surface area contributed by atoms with Gasteiger partial charge >= 0.3 is 0 Å². The quantitative estimate of drug-likeness (QED) is 0.375. The van der Waals surface area contributed by atoms with Gasteiger partial charge in [0.15, 0.2) is 0 Å². The minimum Gasteiger partial charge on any atom is -0.399 e. The predicted molar refractivity (Wildman–Crippen MR) is 78.6 cm³/mol. The molecule has 0 unspecified atom stereocenters. The standard InChI is InChI=1S/C14H10IN/c15-14-7-9-5-6-10(16)8-13(9)11-3-1-2-4-12(11)14/h1-8H,16H2. The third-order valence-corrected chi connectivity index (χ3v) is 3.73. The zero-order valence-corrected chi connectivity index (χ0v) is 10.7. The van der Waals surface area contributed by atoms with Crippen molar-refractivity contribution < 1.29 is 0 Å². The molecule has 0 aliphatic rings. The fraction of sp³-hybridized carbons (Fsp3) is 0. The van der Waals surface area contributed by atoms with Gasteiger partial charge in [-0.05, 0) is 62.3 Å². The molecule has 16 heavy (non-hydrogen) atoms. The number of halogens is 1. The molecule has 1 nitrogen and oxygen atoms in total. The van der Waals surface area contributed by atoms with Gasteiger partial charge in [-0.2, -0.15) is 0 Å². The van der Waals surface area contributed by atoms with Crippen LogP contribution in [0.15, 0.2) is 48.5 Å². The first kappa shape index (κ1) is 9.90. The molecule has 0 spiro atoms. The molecule has 0 aliphatic heterocycles. The van der Waals surface area contributed by atoms with Crippen LogP contribution in [0.4, 0.5) is 5.69 Å². The van der Waals surface area contributed by atoms with Gasteiger partial charge in [0.05, 0.1) is 0 Å². The average Bonchev–Trinajstić information content (AvgIpc) is 2.31. The second-order valence-corrected chi connectivity index (χ2v) is 5.05. The Balaban J connectivity index is 2.61. The smallest absolute Gasteiger partial charge is 0.0320 e. The van der Waals surface area contributed by atoms with E-state index in [1.54, 1.807) is 0 Å². The van der Waals surface area contributed by atoms with Crippen molar-refractivity contribution in [2.75, 3.05) is 5.73 Å². The van der Waals surface area contributed by atoms with Gasteiger partial charge in [-0.25, -0.2) is 0 Å². The number of nitrogens with two attached hydrogens (primary N) is 1. The third kappa shape index (κ3) is 1.45. The van der Waals surface area contributed by atoms with E-state index in [1.165, 1.54) is 25.1 Å². The molecular formula is C14H10IN. The molecule has 0 saturated heterocycles. The monoisotopic (exact) mass is 319 g/mol. The fourth-order valence-corrected chi connectivity index (χ4v) is 2.88. The highest BCUT2D eigenvalue weighted by Gasteiger charge is 2.04. The summed E-state index contributed by atoms with van der Waals surface area (Å²) < 4.78 is 1.28. The number of benzene rings is 3. The maximum Gasteiger partial charge on any atom is 0.0320 e. The zero-order valence-electron chi connectivity index (χ0n) is 8.57. The van der Waals surface area contributed by atoms with Crippen LogP contribution in [-0.2, 0) is 0 Å². The summed E-state index contributed by atoms with van der Waals surface area (Å²) in [6.07, 6.45) is 0. The summed E-state index contributed by atoms with van der Waals surface area (Å²) in [7, 11) is 0. The van der Waals surface area contributed by atoms with E-state index in [1.807, 2.05) is 12.1 Å². The maximum absolute atomic E-state index is 5.85. The maximum atomic E-state index is 5.85. The van der Waals surface area contributed by atoms with Crippen molar-refractivity contribution in [3.05, 3.63) is 52.1 Å². The highest BCUT2D eigenvalue weighted by molar-refractivity contribution is 14.1. The summed E-state index contributed by atoms with van der Waals surface area (Å²) in [5.41, 5.74) is 6.67. The summed E-state index contributed by atoms with van der Waals surface area (Å²) in [5, 5.41) is 5.05. The normalized spacial score (nSPS) is 11.1. The molecule has 0 radical (unpaired) electrons. The van der Waals surface area contributed by atoms with Crippen LogP contribution >= 0.6 is 22.6 Å².